The average molecular weight is 371 g/mol. The van der Waals surface area contributed by atoms with E-state index in [4.69, 9.17) is 38.2 Å². The molecule has 4 N–H and O–H groups in total. The molecule has 0 aromatic heterocycles. The zero-order chi connectivity index (χ0) is 18.7. The molecule has 0 radical (unpaired) electrons. The Morgan fingerprint density at radius 1 is 0.773 bits per heavy atom. The molecule has 0 aromatic rings. The average Bonchev–Trinajstić information content (AvgIpc) is 2.24. The van der Waals surface area contributed by atoms with Crippen LogP contribution in [0.5, 0.6) is 0 Å². The third kappa shape index (κ3) is 18.9. The number of carboxylic acid groups (broad SMARTS) is 2. The number of rotatable bonds is 4. The molecule has 0 heterocycles. The van der Waals surface area contributed by atoms with Gasteiger partial charge in [-0.2, -0.15) is 10.2 Å². The summed E-state index contributed by atoms with van der Waals surface area (Å²) in [5, 5.41) is 24.3. The first-order chi connectivity index (χ1) is 9.56. The lowest BCUT2D eigenvalue weighted by Crippen LogP contribution is -2.32. The van der Waals surface area contributed by atoms with Gasteiger partial charge in [0.2, 0.25) is 0 Å². The summed E-state index contributed by atoms with van der Waals surface area (Å²) in [6.45, 7) is 5.38. The van der Waals surface area contributed by atoms with E-state index in [1.165, 1.54) is 27.7 Å². The third-order valence-corrected chi connectivity index (χ3v) is 1.60. The van der Waals surface area contributed by atoms with Crippen molar-refractivity contribution < 1.29 is 69.3 Å². The zero-order valence-electron chi connectivity index (χ0n) is 11.9. The molecule has 132 valence electrons. The summed E-state index contributed by atoms with van der Waals surface area (Å²) in [5.74, 6) is -2.30. The van der Waals surface area contributed by atoms with E-state index in [0.717, 1.165) is 0 Å². The number of carbonyl (C=O) groups is 2. The molecule has 0 spiro atoms. The topological polar surface area (TPSA) is 232 Å². The fourth-order valence-corrected chi connectivity index (χ4v) is 0.336. The number of nitrogens with zero attached hydrogens (tertiary/aromatic N) is 2. The summed E-state index contributed by atoms with van der Waals surface area (Å²) < 4.78 is 47.9. The van der Waals surface area contributed by atoms with E-state index in [-0.39, 0.29) is 0 Å². The Morgan fingerprint density at radius 2 is 0.909 bits per heavy atom. The van der Waals surface area contributed by atoms with E-state index in [9.17, 15) is 9.59 Å². The minimum Gasteiger partial charge on any atom is -0.479 e. The van der Waals surface area contributed by atoms with E-state index >= 15 is 0 Å². The van der Waals surface area contributed by atoms with Gasteiger partial charge in [-0.25, -0.2) is 9.59 Å². The summed E-state index contributed by atoms with van der Waals surface area (Å²) in [6, 6.07) is 0. The van der Waals surface area contributed by atoms with Crippen LogP contribution in [0.25, 0.3) is 0 Å². The van der Waals surface area contributed by atoms with Crippen LogP contribution in [0.1, 0.15) is 27.7 Å². The Labute approximate surface area is 131 Å². The van der Waals surface area contributed by atoms with Crippen molar-refractivity contribution in [2.24, 2.45) is 10.2 Å². The maximum atomic E-state index is 10.6. The van der Waals surface area contributed by atoms with Crippen molar-refractivity contribution in [1.29, 1.82) is 0 Å². The highest BCUT2D eigenvalue weighted by molar-refractivity contribution is 5.79. The highest BCUT2D eigenvalue weighted by Crippen LogP contribution is 2.15. The van der Waals surface area contributed by atoms with Gasteiger partial charge in [0.1, 0.15) is 0 Å². The zero-order valence-corrected chi connectivity index (χ0v) is 13.4. The van der Waals surface area contributed by atoms with E-state index < -0.39 is 44.6 Å². The first-order valence-electron chi connectivity index (χ1n) is 4.96. The molecule has 0 unspecified atom stereocenters. The Bertz CT molecular complexity index is 332. The molecule has 22 heavy (non-hydrogen) atoms. The van der Waals surface area contributed by atoms with E-state index in [1.807, 2.05) is 0 Å². The van der Waals surface area contributed by atoms with Gasteiger partial charge >= 0.3 is 11.9 Å². The largest absolute Gasteiger partial charge is 0.479 e. The maximum absolute atomic E-state index is 10.6. The minimum atomic E-state index is -2.60. The maximum Gasteiger partial charge on any atom is 0.332 e. The molecular formula is C8H16Cl2N2O10. The molecule has 0 aliphatic rings. The highest BCUT2D eigenvalue weighted by atomic mass is 35.6. The Kier molecular flexibility index (Phi) is 13.4. The number of hydrogen-bond acceptors (Lipinski definition) is 10. The molecule has 0 fully saturated rings. The highest BCUT2D eigenvalue weighted by Gasteiger charge is 2.31. The van der Waals surface area contributed by atoms with Crippen LogP contribution in [-0.2, 0) is 9.59 Å². The molecule has 0 atom stereocenters. The summed E-state index contributed by atoms with van der Waals surface area (Å²) in [7, 11) is -5.20. The van der Waals surface area contributed by atoms with E-state index in [0.29, 0.717) is 0 Å². The molecule has 0 bridgehead atoms. The van der Waals surface area contributed by atoms with Crippen molar-refractivity contribution in [1.82, 2.24) is 0 Å². The molecule has 0 amide bonds. The van der Waals surface area contributed by atoms with Crippen molar-refractivity contribution >= 4 is 11.9 Å². The quantitative estimate of drug-likeness (QED) is 0.345. The normalized spacial score (nSPS) is 11.6. The van der Waals surface area contributed by atoms with Crippen LogP contribution in [0.2, 0.25) is 0 Å². The fourth-order valence-electron chi connectivity index (χ4n) is 0.336. The molecule has 0 saturated carbocycles. The second kappa shape index (κ2) is 11.4. The monoisotopic (exact) mass is 370 g/mol. The fraction of sp³-hybridized carbons (Fsp3) is 0.750. The van der Waals surface area contributed by atoms with Crippen LogP contribution in [0.4, 0.5) is 0 Å². The van der Waals surface area contributed by atoms with Crippen LogP contribution in [0.3, 0.4) is 0 Å². The predicted molar refractivity (Wildman–Crippen MR) is 52.7 cm³/mol. The van der Waals surface area contributed by atoms with E-state index in [1.54, 1.807) is 0 Å². The molecule has 0 rings (SSSR count). The summed E-state index contributed by atoms with van der Waals surface area (Å²) in [6.07, 6.45) is 0. The lowest BCUT2D eigenvalue weighted by atomic mass is 10.1. The van der Waals surface area contributed by atoms with Gasteiger partial charge < -0.3 is 28.8 Å². The molecule has 0 aromatic carbocycles. The van der Waals surface area contributed by atoms with Gasteiger partial charge in [0.15, 0.2) is 11.1 Å². The summed E-state index contributed by atoms with van der Waals surface area (Å²) >= 11 is 0. The van der Waals surface area contributed by atoms with Gasteiger partial charge in [0.05, 0.1) is 0 Å². The lowest BCUT2D eigenvalue weighted by Gasteiger charge is -2.16. The van der Waals surface area contributed by atoms with E-state index in [2.05, 4.69) is 10.2 Å². The molecule has 0 aliphatic heterocycles. The Morgan fingerprint density at radius 3 is 1.00 bits per heavy atom. The third-order valence-electron chi connectivity index (χ3n) is 1.60. The first-order valence-corrected chi connectivity index (χ1v) is 6.87. The minimum absolute atomic E-state index is 1.15. The van der Waals surface area contributed by atoms with Crippen molar-refractivity contribution in [3.63, 3.8) is 0 Å². The SMILES string of the molecule is CC(C)(N=NC(C)(C)C(=O)O)C(=O)O.[O-][Cl+2]([O-])O.[O-][Cl+2]([O-])O. The van der Waals surface area contributed by atoms with Crippen LogP contribution in [-0.4, -0.2) is 42.5 Å². The summed E-state index contributed by atoms with van der Waals surface area (Å²) in [5.41, 5.74) is -2.79. The number of carboxylic acids is 2. The van der Waals surface area contributed by atoms with Crippen molar-refractivity contribution in [2.75, 3.05) is 0 Å². The van der Waals surface area contributed by atoms with Gasteiger partial charge in [-0.3, -0.25) is 0 Å². The smallest absolute Gasteiger partial charge is 0.332 e. The van der Waals surface area contributed by atoms with Crippen LogP contribution >= 0.6 is 0 Å². The number of hydrogen-bond donors (Lipinski definition) is 4. The van der Waals surface area contributed by atoms with Gasteiger partial charge in [-0.1, -0.05) is 0 Å². The number of azo groups is 1. The molecule has 0 aliphatic carbocycles. The molecule has 12 nitrogen and oxygen atoms in total. The van der Waals surface area contributed by atoms with Crippen molar-refractivity contribution in [2.45, 2.75) is 38.8 Å². The van der Waals surface area contributed by atoms with Gasteiger partial charge in [0.25, 0.3) is 21.6 Å². The Balaban J connectivity index is -0.000000372. The molecule has 0 saturated heterocycles. The van der Waals surface area contributed by atoms with Gasteiger partial charge in [-0.15, -0.1) is 0 Å². The lowest BCUT2D eigenvalue weighted by molar-refractivity contribution is -1.63. The molecular weight excluding hydrogens is 355 g/mol. The predicted octanol–water partition coefficient (Wildman–Crippen LogP) is -4.70. The van der Waals surface area contributed by atoms with Crippen LogP contribution in [0.15, 0.2) is 10.2 Å². The second-order valence-corrected chi connectivity index (χ2v) is 5.13. The van der Waals surface area contributed by atoms with Crippen molar-refractivity contribution in [3.05, 3.63) is 0 Å². The Hall–Kier alpha value is -1.12. The number of aliphatic carboxylic acids is 2. The molecule has 14 heteroatoms. The van der Waals surface area contributed by atoms with Gasteiger partial charge in [0, 0.05) is 9.32 Å². The first kappa shape index (κ1) is 25.8. The van der Waals surface area contributed by atoms with Crippen LogP contribution < -0.4 is 18.6 Å². The van der Waals surface area contributed by atoms with Crippen LogP contribution in [0, 0.1) is 21.6 Å². The van der Waals surface area contributed by atoms with Gasteiger partial charge in [-0.05, 0) is 27.7 Å². The standard InChI is InChI=1S/C8H14N2O4.2ClHO3/c1-7(2,5(11)12)9-10-8(3,4)6(13)14;2*2-1(3)4/h1-4H3,(H,11,12)(H,13,14);2*2H. The van der Waals surface area contributed by atoms with Crippen molar-refractivity contribution in [3.8, 4) is 0 Å². The number of halogens is 2. The second-order valence-electron chi connectivity index (χ2n) is 4.33. The summed E-state index contributed by atoms with van der Waals surface area (Å²) in [4.78, 5) is 21.2.